The van der Waals surface area contributed by atoms with Crippen LogP contribution in [0.4, 0.5) is 8.78 Å². The minimum atomic E-state index is -1.95. The molecule has 0 nitrogen and oxygen atoms in total. The summed E-state index contributed by atoms with van der Waals surface area (Å²) in [6, 6.07) is 0. The number of alkyl halides is 2. The van der Waals surface area contributed by atoms with Gasteiger partial charge in [0.05, 0.1) is 0 Å². The Kier molecular flexibility index (Phi) is 3.21. The zero-order valence-electron chi connectivity index (χ0n) is 8.64. The molecule has 9 unspecified atom stereocenters. The van der Waals surface area contributed by atoms with Gasteiger partial charge in [-0.25, -0.2) is 8.78 Å². The van der Waals surface area contributed by atoms with Crippen molar-refractivity contribution in [2.75, 3.05) is 0 Å². The van der Waals surface area contributed by atoms with Crippen LogP contribution < -0.4 is 0 Å². The van der Waals surface area contributed by atoms with Crippen LogP contribution in [0.3, 0.4) is 0 Å². The van der Waals surface area contributed by atoms with Crippen molar-refractivity contribution in [2.45, 2.75) is 41.9 Å². The molecule has 1 rings (SSSR count). The van der Waals surface area contributed by atoms with Gasteiger partial charge >= 0.3 is 0 Å². The minimum Gasteiger partial charge on any atom is -0.235 e. The van der Waals surface area contributed by atoms with Gasteiger partial charge in [-0.05, 0) is 0 Å². The average Bonchev–Trinajstić information content (AvgIpc) is 2.05. The maximum absolute atomic E-state index is 14.4. The monoisotopic (exact) mass is 276 g/mol. The van der Waals surface area contributed by atoms with Crippen molar-refractivity contribution < 1.29 is 8.78 Å². The Labute approximate surface area is 93.9 Å². The summed E-state index contributed by atoms with van der Waals surface area (Å²) in [5.74, 6) is -0.394. The first-order chi connectivity index (χ1) is 5.90. The van der Waals surface area contributed by atoms with Crippen LogP contribution in [0.2, 0.25) is 0 Å². The fourth-order valence-electron chi connectivity index (χ4n) is 1.99. The van der Waals surface area contributed by atoms with Crippen LogP contribution in [-0.2, 0) is 0 Å². The van der Waals surface area contributed by atoms with Gasteiger partial charge in [-0.15, -0.1) is 18.5 Å². The highest BCUT2D eigenvalue weighted by Gasteiger charge is 2.73. The van der Waals surface area contributed by atoms with Crippen molar-refractivity contribution in [1.82, 2.24) is 0 Å². The molecule has 0 heterocycles. The predicted molar refractivity (Wildman–Crippen MR) is 72.5 cm³/mol. The molecule has 0 aliphatic heterocycles. The molecule has 1 aliphatic carbocycles. The summed E-state index contributed by atoms with van der Waals surface area (Å²) < 4.78 is 28.8. The average molecular weight is 276 g/mol. The lowest BCUT2D eigenvalue weighted by Crippen LogP contribution is -2.48. The molecule has 0 spiro atoms. The van der Waals surface area contributed by atoms with Crippen molar-refractivity contribution in [1.29, 1.82) is 0 Å². The summed E-state index contributed by atoms with van der Waals surface area (Å²) in [7, 11) is 9.14. The molecule has 0 amide bonds. The molecule has 1 aliphatic rings. The van der Waals surface area contributed by atoms with Gasteiger partial charge in [-0.3, -0.25) is 0 Å². The number of rotatable bonds is 0. The van der Waals surface area contributed by atoms with E-state index in [-0.39, 0.29) is 0 Å². The van der Waals surface area contributed by atoms with Crippen molar-refractivity contribution in [3.05, 3.63) is 0 Å². The van der Waals surface area contributed by atoms with Gasteiger partial charge in [-0.1, -0.05) is 39.3 Å². The lowest BCUT2D eigenvalue weighted by molar-refractivity contribution is 0.0958. The van der Waals surface area contributed by atoms with E-state index >= 15 is 0 Å². The molecular weight excluding hydrogens is 258 g/mol. The van der Waals surface area contributed by atoms with Crippen molar-refractivity contribution in [3.8, 4) is 0 Å². The molecule has 14 heavy (non-hydrogen) atoms. The van der Waals surface area contributed by atoms with Crippen LogP contribution in [0, 0.1) is 5.92 Å². The van der Waals surface area contributed by atoms with Gasteiger partial charge in [0.2, 0.25) is 0 Å². The number of halogens is 2. The number of hydrogen-bond acceptors (Lipinski definition) is 0. The van der Waals surface area contributed by atoms with Gasteiger partial charge < -0.3 is 0 Å². The number of hydrogen-bond donors (Lipinski definition) is 0. The van der Waals surface area contributed by atoms with E-state index in [1.54, 1.807) is 13.8 Å². The molecule has 1 saturated carbocycles. The molecule has 84 valence electrons. The van der Waals surface area contributed by atoms with Crippen LogP contribution in [0.5, 0.6) is 0 Å². The largest absolute Gasteiger partial charge is 0.235 e. The fraction of sp³-hybridized carbons (Fsp3) is 1.00. The Morgan fingerprint density at radius 1 is 1.00 bits per heavy atom. The lowest BCUT2D eigenvalue weighted by Gasteiger charge is -2.41. The summed E-state index contributed by atoms with van der Waals surface area (Å²) >= 11 is 0. The molecule has 0 aromatic carbocycles. The quantitative estimate of drug-likeness (QED) is 0.597. The van der Waals surface area contributed by atoms with Crippen LogP contribution in [0.25, 0.3) is 0 Å². The molecule has 6 heteroatoms. The Morgan fingerprint density at radius 2 is 1.36 bits per heavy atom. The third-order valence-corrected chi connectivity index (χ3v) is 9.07. The maximum Gasteiger partial charge on any atom is 0.170 e. The van der Waals surface area contributed by atoms with E-state index in [9.17, 15) is 8.78 Å². The summed E-state index contributed by atoms with van der Waals surface area (Å²) in [4.78, 5) is 0. The van der Waals surface area contributed by atoms with Crippen LogP contribution in [0.15, 0.2) is 0 Å². The molecule has 9 atom stereocenters. The SMILES string of the molecule is CC1C(C)(P)C(C)(P)C(F)(P)C1(F)P. The molecule has 0 N–H and O–H groups in total. The molecule has 0 bridgehead atoms. The van der Waals surface area contributed by atoms with Gasteiger partial charge in [0.25, 0.3) is 0 Å². The zero-order valence-corrected chi connectivity index (χ0v) is 13.3. The van der Waals surface area contributed by atoms with Gasteiger partial charge in [0.15, 0.2) is 10.8 Å². The summed E-state index contributed by atoms with van der Waals surface area (Å²) in [6.45, 7) is 5.35. The highest BCUT2D eigenvalue weighted by Crippen LogP contribution is 2.70. The standard InChI is InChI=1S/C8H18F2P4/c1-4-5(2,11)6(3,12)8(10,14)7(4,9)13/h4H,11-14H2,1-3H3. The highest BCUT2D eigenvalue weighted by atomic mass is 31.0. The second-order valence-electron chi connectivity index (χ2n) is 4.69. The second kappa shape index (κ2) is 3.29. The minimum absolute atomic E-state index is 0.394. The Hall–Kier alpha value is 1.58. The maximum atomic E-state index is 14.4. The Morgan fingerprint density at radius 3 is 1.43 bits per heavy atom. The normalized spacial score (nSPS) is 64.5. The molecular formula is C8H18F2P4. The molecule has 0 aromatic heterocycles. The van der Waals surface area contributed by atoms with E-state index in [0.29, 0.717) is 0 Å². The van der Waals surface area contributed by atoms with Crippen molar-refractivity contribution in [3.63, 3.8) is 0 Å². The highest BCUT2D eigenvalue weighted by molar-refractivity contribution is 7.31. The van der Waals surface area contributed by atoms with Crippen LogP contribution >= 0.6 is 37.0 Å². The van der Waals surface area contributed by atoms with E-state index in [1.807, 2.05) is 25.4 Å². The van der Waals surface area contributed by atoms with Gasteiger partial charge in [0.1, 0.15) is 0 Å². The first-order valence-electron chi connectivity index (χ1n) is 4.44. The smallest absolute Gasteiger partial charge is 0.170 e. The molecule has 0 aromatic rings. The lowest BCUT2D eigenvalue weighted by atomic mass is 9.91. The Balaban J connectivity index is 3.38. The van der Waals surface area contributed by atoms with E-state index in [2.05, 4.69) is 18.5 Å². The topological polar surface area (TPSA) is 0 Å². The van der Waals surface area contributed by atoms with E-state index in [0.717, 1.165) is 0 Å². The molecule has 0 saturated heterocycles. The van der Waals surface area contributed by atoms with Gasteiger partial charge in [0, 0.05) is 16.2 Å². The van der Waals surface area contributed by atoms with Crippen LogP contribution in [-0.4, -0.2) is 21.1 Å². The van der Waals surface area contributed by atoms with Crippen molar-refractivity contribution in [2.24, 2.45) is 5.92 Å². The second-order valence-corrected chi connectivity index (χ2v) is 8.68. The van der Waals surface area contributed by atoms with Gasteiger partial charge in [-0.2, -0.15) is 0 Å². The Bertz CT molecular complexity index is 234. The first-order valence-corrected chi connectivity index (χ1v) is 6.75. The van der Waals surface area contributed by atoms with E-state index < -0.39 is 27.0 Å². The fourth-order valence-corrected chi connectivity index (χ4v) is 4.65. The summed E-state index contributed by atoms with van der Waals surface area (Å²) in [5.41, 5.74) is 0. The van der Waals surface area contributed by atoms with E-state index in [1.165, 1.54) is 0 Å². The summed E-state index contributed by atoms with van der Waals surface area (Å²) in [6.07, 6.45) is 0. The third kappa shape index (κ3) is 1.31. The third-order valence-electron chi connectivity index (χ3n) is 3.96. The first kappa shape index (κ1) is 13.6. The zero-order chi connectivity index (χ0) is 11.6. The van der Waals surface area contributed by atoms with Crippen LogP contribution in [0.1, 0.15) is 20.8 Å². The predicted octanol–water partition coefficient (Wildman–Crippen LogP) is 2.99. The molecule has 0 radical (unpaired) electrons. The molecule has 1 fully saturated rings. The van der Waals surface area contributed by atoms with E-state index in [4.69, 9.17) is 0 Å². The summed E-state index contributed by atoms with van der Waals surface area (Å²) in [5, 5.41) is -5.19. The van der Waals surface area contributed by atoms with Crippen molar-refractivity contribution >= 4 is 37.0 Å².